The van der Waals surface area contributed by atoms with Crippen LogP contribution in [0.5, 0.6) is 0 Å². The van der Waals surface area contributed by atoms with Gasteiger partial charge in [-0.2, -0.15) is 0 Å². The van der Waals surface area contributed by atoms with Gasteiger partial charge in [-0.15, -0.1) is 11.3 Å². The van der Waals surface area contributed by atoms with Gasteiger partial charge in [0, 0.05) is 78.8 Å². The average Bonchev–Trinajstić information content (AvgIpc) is 3.70. The number of rotatable bonds is 7. The summed E-state index contributed by atoms with van der Waals surface area (Å²) in [5.74, 6) is -0.708. The molecule has 2 saturated heterocycles. The number of urea groups is 1. The minimum absolute atomic E-state index is 0.168. The summed E-state index contributed by atoms with van der Waals surface area (Å²) in [5, 5.41) is 8.24. The van der Waals surface area contributed by atoms with Crippen LogP contribution >= 0.6 is 11.3 Å². The smallest absolute Gasteiger partial charge is 0.324 e. The molecular weight excluding hydrogens is 679 g/mol. The Morgan fingerprint density at radius 3 is 2.73 bits per heavy atom. The summed E-state index contributed by atoms with van der Waals surface area (Å²) in [7, 11) is 1.68. The lowest BCUT2D eigenvalue weighted by atomic mass is 9.84. The number of nitrogens with one attached hydrogen (secondary N) is 2. The van der Waals surface area contributed by atoms with Gasteiger partial charge in [-0.25, -0.2) is 15.2 Å². The summed E-state index contributed by atoms with van der Waals surface area (Å²) < 4.78 is 14.1. The highest BCUT2D eigenvalue weighted by atomic mass is 32.1. The monoisotopic (exact) mass is 729 g/mol. The van der Waals surface area contributed by atoms with Gasteiger partial charge in [-0.3, -0.25) is 19.6 Å². The van der Waals surface area contributed by atoms with Gasteiger partial charge < -0.3 is 24.3 Å². The summed E-state index contributed by atoms with van der Waals surface area (Å²) in [6.07, 6.45) is 6.26. The van der Waals surface area contributed by atoms with Crippen molar-refractivity contribution >= 4 is 51.9 Å². The van der Waals surface area contributed by atoms with Crippen LogP contribution in [0.1, 0.15) is 70.1 Å². The number of nitrogens with zero attached hydrogens (tertiary/aromatic N) is 5. The van der Waals surface area contributed by atoms with Crippen LogP contribution in [0.25, 0.3) is 27.7 Å². The maximum Gasteiger partial charge on any atom is 0.324 e. The first-order chi connectivity index (χ1) is 25.0. The van der Waals surface area contributed by atoms with Crippen molar-refractivity contribution in [2.24, 2.45) is 10.4 Å². The Bertz CT molecular complexity index is 1910. The third kappa shape index (κ3) is 7.58. The van der Waals surface area contributed by atoms with Gasteiger partial charge in [-0.05, 0) is 64.2 Å². The number of esters is 1. The predicted octanol–water partition coefficient (Wildman–Crippen LogP) is 5.75. The number of aromatic nitrogens is 2. The number of hydrogen-bond acceptors (Lipinski definition) is 9. The van der Waals surface area contributed by atoms with Crippen molar-refractivity contribution in [1.82, 2.24) is 30.2 Å². The number of carbonyl (C=O) groups excluding carboxylic acids is 3. The Hall–Kier alpha value is -4.33. The minimum Gasteiger partial charge on any atom is -0.464 e. The van der Waals surface area contributed by atoms with E-state index in [-0.39, 0.29) is 31.1 Å². The van der Waals surface area contributed by atoms with Gasteiger partial charge in [0.05, 0.1) is 34.8 Å². The molecule has 3 aliphatic heterocycles. The molecule has 2 fully saturated rings. The minimum atomic E-state index is -0.860. The number of benzene rings is 1. The van der Waals surface area contributed by atoms with Crippen molar-refractivity contribution < 1.29 is 23.9 Å². The number of likely N-dealkylation sites (tertiary alicyclic amines) is 1. The quantitative estimate of drug-likeness (QED) is 0.180. The highest BCUT2D eigenvalue weighted by Gasteiger charge is 2.36. The van der Waals surface area contributed by atoms with Crippen LogP contribution in [0.3, 0.4) is 0 Å². The van der Waals surface area contributed by atoms with E-state index in [4.69, 9.17) is 19.5 Å². The molecule has 2 N–H and O–H groups in total. The molecule has 3 atom stereocenters. The molecule has 6 bridgehead atoms. The number of fused-ring (bicyclic) bond motifs is 6. The molecule has 3 aromatic rings. The second-order valence-electron chi connectivity index (χ2n) is 14.5. The van der Waals surface area contributed by atoms with Gasteiger partial charge >= 0.3 is 12.0 Å². The van der Waals surface area contributed by atoms with Crippen LogP contribution in [-0.4, -0.2) is 95.1 Å². The number of aryl methyl sites for hydroxylation is 1. The van der Waals surface area contributed by atoms with Gasteiger partial charge in [0.25, 0.3) is 5.91 Å². The topological polar surface area (TPSA) is 130 Å². The number of ether oxygens (including phenoxy) is 2. The Morgan fingerprint density at radius 2 is 2.06 bits per heavy atom. The first-order valence-corrected chi connectivity index (χ1v) is 19.1. The fourth-order valence-corrected chi connectivity index (χ4v) is 8.09. The highest BCUT2D eigenvalue weighted by molar-refractivity contribution is 7.10. The van der Waals surface area contributed by atoms with E-state index >= 15 is 0 Å². The third-order valence-electron chi connectivity index (χ3n) is 10.2. The first-order valence-electron chi connectivity index (χ1n) is 18.3. The number of aliphatic imine (C=N–C) groups is 1. The lowest BCUT2D eigenvalue weighted by Gasteiger charge is -2.37. The van der Waals surface area contributed by atoms with Crippen LogP contribution in [0.4, 0.5) is 4.79 Å². The van der Waals surface area contributed by atoms with E-state index < -0.39 is 23.5 Å². The van der Waals surface area contributed by atoms with Crippen LogP contribution in [0, 0.1) is 5.41 Å². The lowest BCUT2D eigenvalue weighted by Crippen LogP contribution is -2.62. The molecule has 0 spiro atoms. The normalized spacial score (nSPS) is 22.0. The molecule has 1 aromatic carbocycles. The lowest BCUT2D eigenvalue weighted by molar-refractivity contribution is -0.155. The van der Waals surface area contributed by atoms with Crippen molar-refractivity contribution in [1.29, 1.82) is 0 Å². The Morgan fingerprint density at radius 1 is 1.27 bits per heavy atom. The summed E-state index contributed by atoms with van der Waals surface area (Å²) in [5.41, 5.74) is 9.22. The SMILES string of the molecule is C=C/C(=C(\N=C/C)[C@H](C)OC)c1c2c3cc(ccc3n1CC)-c1csc(n1)C[C@H](NC(=O)N1CCC1)C(=O)N1CCC[C@H](N1)C(=O)OCC(C)(C)C2. The van der Waals surface area contributed by atoms with Crippen LogP contribution in [0.15, 0.2) is 46.9 Å². The second kappa shape index (κ2) is 15.7. The fraction of sp³-hybridized carbons (Fsp3) is 0.513. The summed E-state index contributed by atoms with van der Waals surface area (Å²) in [6, 6.07) is 4.58. The van der Waals surface area contributed by atoms with Crippen molar-refractivity contribution in [2.75, 3.05) is 33.4 Å². The number of thiazole rings is 1. The molecule has 5 heterocycles. The van der Waals surface area contributed by atoms with E-state index in [9.17, 15) is 14.4 Å². The van der Waals surface area contributed by atoms with Gasteiger partial charge in [-0.1, -0.05) is 32.6 Å². The van der Waals surface area contributed by atoms with Gasteiger partial charge in [0.2, 0.25) is 0 Å². The molecule has 0 saturated carbocycles. The van der Waals surface area contributed by atoms with Crippen molar-refractivity contribution in [2.45, 2.75) is 91.5 Å². The Balaban J connectivity index is 1.51. The molecule has 0 radical (unpaired) electrons. The van der Waals surface area contributed by atoms with Crippen LogP contribution < -0.4 is 10.7 Å². The van der Waals surface area contributed by atoms with Crippen molar-refractivity contribution in [3.8, 4) is 11.3 Å². The summed E-state index contributed by atoms with van der Waals surface area (Å²) in [6.45, 7) is 17.1. The molecule has 0 aliphatic carbocycles. The third-order valence-corrected chi connectivity index (χ3v) is 11.1. The van der Waals surface area contributed by atoms with E-state index in [0.29, 0.717) is 45.4 Å². The molecule has 13 heteroatoms. The molecule has 2 aromatic heterocycles. The summed E-state index contributed by atoms with van der Waals surface area (Å²) in [4.78, 5) is 52.2. The summed E-state index contributed by atoms with van der Waals surface area (Å²) >= 11 is 1.47. The number of methoxy groups -OCH3 is 1. The maximum atomic E-state index is 14.0. The number of hydrazine groups is 1. The Labute approximate surface area is 309 Å². The molecule has 3 amide bonds. The van der Waals surface area contributed by atoms with Crippen molar-refractivity contribution in [3.05, 3.63) is 58.2 Å². The average molecular weight is 730 g/mol. The molecule has 6 rings (SSSR count). The fourth-order valence-electron chi connectivity index (χ4n) is 7.24. The number of cyclic esters (lactones) is 1. The van der Waals surface area contributed by atoms with E-state index in [0.717, 1.165) is 56.1 Å². The van der Waals surface area contributed by atoms with Gasteiger partial charge in [0.1, 0.15) is 12.1 Å². The zero-order valence-corrected chi connectivity index (χ0v) is 32.0. The zero-order valence-electron chi connectivity index (χ0n) is 31.2. The number of amides is 3. The largest absolute Gasteiger partial charge is 0.464 e. The number of allylic oxidation sites excluding steroid dienone is 2. The molecule has 12 nitrogen and oxygen atoms in total. The standard InChI is InChI=1S/C39H51N7O5S/c1-8-26(34(40-9-2)24(4)50-7)35-28-21-39(5,6)23-51-37(48)29-13-11-18-46(43-29)36(47)30(42-38(49)44-16-12-17-44)20-33-41-31(22-52-33)25-14-15-32(27(28)19-25)45(35)10-3/h8-9,14-15,19,22,24,29-30,43H,1,10-13,16-18,20-21,23H2,2-7H3,(H,42,49)/b34-26+,40-9-/t24-,29-,30-/m0/s1. The van der Waals surface area contributed by atoms with E-state index in [2.05, 4.69) is 60.9 Å². The highest BCUT2D eigenvalue weighted by Crippen LogP contribution is 2.40. The zero-order chi connectivity index (χ0) is 37.2. The van der Waals surface area contributed by atoms with Crippen LogP contribution in [-0.2, 0) is 38.4 Å². The van der Waals surface area contributed by atoms with Crippen LogP contribution in [0.2, 0.25) is 0 Å². The molecule has 278 valence electrons. The van der Waals surface area contributed by atoms with E-state index in [1.54, 1.807) is 18.2 Å². The number of carbonyl (C=O) groups is 3. The number of hydrogen-bond donors (Lipinski definition) is 2. The maximum absolute atomic E-state index is 14.0. The van der Waals surface area contributed by atoms with Crippen molar-refractivity contribution in [3.63, 3.8) is 0 Å². The van der Waals surface area contributed by atoms with E-state index in [1.165, 1.54) is 16.3 Å². The predicted molar refractivity (Wildman–Crippen MR) is 205 cm³/mol. The second-order valence-corrected chi connectivity index (χ2v) is 15.5. The molecular formula is C39H51N7O5S. The Kier molecular flexibility index (Phi) is 11.3. The van der Waals surface area contributed by atoms with E-state index in [1.807, 2.05) is 25.3 Å². The molecule has 3 aliphatic rings. The first kappa shape index (κ1) is 37.4. The molecule has 0 unspecified atom stereocenters. The molecule has 52 heavy (non-hydrogen) atoms. The van der Waals surface area contributed by atoms with Gasteiger partial charge in [0.15, 0.2) is 0 Å².